The van der Waals surface area contributed by atoms with Crippen molar-refractivity contribution in [2.24, 2.45) is 0 Å². The molecule has 2 saturated heterocycles. The predicted molar refractivity (Wildman–Crippen MR) is 113 cm³/mol. The van der Waals surface area contributed by atoms with Gasteiger partial charge in [0.25, 0.3) is 5.56 Å². The van der Waals surface area contributed by atoms with Gasteiger partial charge in [0.05, 0.1) is 24.8 Å². The molecular weight excluding hydrogens is 396 g/mol. The molecule has 158 valence electrons. The van der Waals surface area contributed by atoms with Crippen LogP contribution in [0.4, 0.5) is 0 Å². The molecule has 2 aliphatic rings. The van der Waals surface area contributed by atoms with E-state index in [9.17, 15) is 9.59 Å². The van der Waals surface area contributed by atoms with Gasteiger partial charge in [0.15, 0.2) is 11.2 Å². The number of H-pyrrole nitrogens is 2. The summed E-state index contributed by atoms with van der Waals surface area (Å²) in [4.78, 5) is 46.3. The van der Waals surface area contributed by atoms with Gasteiger partial charge in [-0.1, -0.05) is 0 Å². The lowest BCUT2D eigenvalue weighted by Gasteiger charge is -2.39. The van der Waals surface area contributed by atoms with Gasteiger partial charge in [-0.05, 0) is 37.8 Å². The molecule has 10 heteroatoms. The number of piperidine rings is 1. The number of aromatic nitrogens is 7. The molecule has 2 N–H and O–H groups in total. The number of nitrogens with one attached hydrogen (secondary N) is 2. The minimum absolute atomic E-state index is 0.166. The van der Waals surface area contributed by atoms with Crippen LogP contribution in [0.2, 0.25) is 0 Å². The zero-order valence-corrected chi connectivity index (χ0v) is 16.8. The number of aromatic amines is 2. The lowest BCUT2D eigenvalue weighted by Crippen LogP contribution is -2.43. The van der Waals surface area contributed by atoms with Crippen molar-refractivity contribution >= 4 is 11.2 Å². The summed E-state index contributed by atoms with van der Waals surface area (Å²) in [7, 11) is 0. The molecule has 2 unspecified atom stereocenters. The van der Waals surface area contributed by atoms with Crippen LogP contribution in [0.3, 0.4) is 0 Å². The molecule has 0 radical (unpaired) electrons. The Bertz CT molecular complexity index is 1320. The van der Waals surface area contributed by atoms with Crippen molar-refractivity contribution in [3.63, 3.8) is 0 Å². The molecule has 0 aromatic carbocycles. The summed E-state index contributed by atoms with van der Waals surface area (Å²) in [5.74, 6) is 0.986. The Labute approximate surface area is 176 Å². The van der Waals surface area contributed by atoms with E-state index in [0.29, 0.717) is 23.4 Å². The van der Waals surface area contributed by atoms with Crippen LogP contribution in [0.15, 0.2) is 52.8 Å². The third-order valence-corrected chi connectivity index (χ3v) is 6.66. The van der Waals surface area contributed by atoms with Crippen LogP contribution in [0.5, 0.6) is 0 Å². The molecule has 10 nitrogen and oxygen atoms in total. The molecule has 6 heterocycles. The molecular formula is C21H22N8O2. The highest BCUT2D eigenvalue weighted by atomic mass is 16.2. The van der Waals surface area contributed by atoms with Gasteiger partial charge in [-0.25, -0.2) is 19.3 Å². The second-order valence-electron chi connectivity index (χ2n) is 8.35. The van der Waals surface area contributed by atoms with E-state index in [-0.39, 0.29) is 11.6 Å². The van der Waals surface area contributed by atoms with E-state index in [1.807, 2.05) is 10.8 Å². The molecule has 2 atom stereocenters. The largest absolute Gasteiger partial charge is 0.348 e. The first-order chi connectivity index (χ1) is 15.2. The van der Waals surface area contributed by atoms with Crippen LogP contribution in [-0.4, -0.2) is 51.0 Å². The Morgan fingerprint density at radius 1 is 1.06 bits per heavy atom. The molecule has 2 aliphatic heterocycles. The van der Waals surface area contributed by atoms with E-state index in [4.69, 9.17) is 0 Å². The molecule has 0 amide bonds. The summed E-state index contributed by atoms with van der Waals surface area (Å²) < 4.78 is 3.53. The van der Waals surface area contributed by atoms with Gasteiger partial charge < -0.3 is 9.55 Å². The first-order valence-electron chi connectivity index (χ1n) is 10.6. The van der Waals surface area contributed by atoms with Crippen molar-refractivity contribution < 1.29 is 0 Å². The number of nitrogens with zero attached hydrogens (tertiary/aromatic N) is 6. The Balaban J connectivity index is 1.41. The van der Waals surface area contributed by atoms with Crippen LogP contribution in [-0.2, 0) is 6.54 Å². The van der Waals surface area contributed by atoms with Gasteiger partial charge in [-0.15, -0.1) is 0 Å². The second-order valence-corrected chi connectivity index (χ2v) is 8.35. The van der Waals surface area contributed by atoms with E-state index in [2.05, 4.69) is 29.8 Å². The van der Waals surface area contributed by atoms with E-state index in [1.54, 1.807) is 37.1 Å². The fraction of sp³-hybridized carbons (Fsp3) is 0.381. The van der Waals surface area contributed by atoms with Gasteiger partial charge in [0, 0.05) is 36.7 Å². The average Bonchev–Trinajstić information content (AvgIpc) is 3.49. The average molecular weight is 418 g/mol. The Morgan fingerprint density at radius 2 is 1.90 bits per heavy atom. The Kier molecular flexibility index (Phi) is 4.13. The second kappa shape index (κ2) is 7.02. The maximum absolute atomic E-state index is 12.8. The van der Waals surface area contributed by atoms with Crippen molar-refractivity contribution in [2.75, 3.05) is 0 Å². The quantitative estimate of drug-likeness (QED) is 0.517. The minimum Gasteiger partial charge on any atom is -0.348 e. The SMILES string of the molecule is O=c1[nH]c(=O)n(-c2cccnc2)c2c1ncn2C1CC2CCC(C1)N2Cc1ncc[nH]1. The molecule has 2 bridgehead atoms. The molecule has 0 saturated carbocycles. The maximum atomic E-state index is 12.8. The van der Waals surface area contributed by atoms with E-state index < -0.39 is 11.2 Å². The highest BCUT2D eigenvalue weighted by Crippen LogP contribution is 2.42. The molecule has 0 aliphatic carbocycles. The van der Waals surface area contributed by atoms with Gasteiger partial charge in [-0.2, -0.15) is 0 Å². The Hall–Kier alpha value is -3.53. The first kappa shape index (κ1) is 18.3. The summed E-state index contributed by atoms with van der Waals surface area (Å²) >= 11 is 0. The number of hydrogen-bond acceptors (Lipinski definition) is 6. The zero-order chi connectivity index (χ0) is 20.9. The number of hydrogen-bond donors (Lipinski definition) is 2. The van der Waals surface area contributed by atoms with Crippen LogP contribution in [0, 0.1) is 0 Å². The summed E-state index contributed by atoms with van der Waals surface area (Å²) in [5, 5.41) is 0. The van der Waals surface area contributed by atoms with Crippen LogP contribution in [0.1, 0.15) is 37.5 Å². The molecule has 4 aromatic heterocycles. The monoisotopic (exact) mass is 418 g/mol. The molecule has 4 aromatic rings. The van der Waals surface area contributed by atoms with Crippen LogP contribution >= 0.6 is 0 Å². The van der Waals surface area contributed by atoms with Crippen LogP contribution in [0.25, 0.3) is 16.9 Å². The van der Waals surface area contributed by atoms with Gasteiger partial charge >= 0.3 is 5.69 Å². The van der Waals surface area contributed by atoms with E-state index >= 15 is 0 Å². The topological polar surface area (TPSA) is 117 Å². The normalized spacial score (nSPS) is 23.5. The molecule has 2 fully saturated rings. The summed E-state index contributed by atoms with van der Waals surface area (Å²) in [6.45, 7) is 0.819. The number of fused-ring (bicyclic) bond motifs is 3. The zero-order valence-electron chi connectivity index (χ0n) is 16.8. The molecule has 6 rings (SSSR count). The summed E-state index contributed by atoms with van der Waals surface area (Å²) in [6, 6.07) is 4.62. The standard InChI is InChI=1S/C21H22N8O2/c30-19-18-20(29(21(31)26-19)15-2-1-5-22-10-15)28(12-25-18)16-8-13-3-4-14(9-16)27(13)11-17-23-6-7-24-17/h1-2,5-7,10,12-14,16H,3-4,8-9,11H2,(H,23,24)(H,26,30,31). The van der Waals surface area contributed by atoms with Crippen molar-refractivity contribution in [1.29, 1.82) is 0 Å². The smallest absolute Gasteiger partial charge is 0.334 e. The van der Waals surface area contributed by atoms with Gasteiger partial charge in [0.1, 0.15) is 5.82 Å². The Morgan fingerprint density at radius 3 is 2.61 bits per heavy atom. The van der Waals surface area contributed by atoms with E-state index in [0.717, 1.165) is 38.1 Å². The predicted octanol–water partition coefficient (Wildman–Crippen LogP) is 1.36. The first-order valence-corrected chi connectivity index (χ1v) is 10.6. The van der Waals surface area contributed by atoms with Gasteiger partial charge in [0.2, 0.25) is 0 Å². The van der Waals surface area contributed by atoms with Crippen molar-refractivity contribution in [1.82, 2.24) is 39.0 Å². The molecule has 31 heavy (non-hydrogen) atoms. The number of pyridine rings is 1. The molecule has 0 spiro atoms. The van der Waals surface area contributed by atoms with Crippen molar-refractivity contribution in [3.05, 3.63) is 69.9 Å². The lowest BCUT2D eigenvalue weighted by molar-refractivity contribution is 0.0977. The third-order valence-electron chi connectivity index (χ3n) is 6.66. The highest BCUT2D eigenvalue weighted by Gasteiger charge is 2.42. The van der Waals surface area contributed by atoms with Crippen LogP contribution < -0.4 is 11.2 Å². The highest BCUT2D eigenvalue weighted by molar-refractivity contribution is 5.72. The maximum Gasteiger partial charge on any atom is 0.334 e. The van der Waals surface area contributed by atoms with E-state index in [1.165, 1.54) is 4.57 Å². The number of imidazole rings is 2. The summed E-state index contributed by atoms with van der Waals surface area (Å²) in [6.07, 6.45) is 12.8. The lowest BCUT2D eigenvalue weighted by atomic mass is 9.97. The minimum atomic E-state index is -0.481. The van der Waals surface area contributed by atoms with Crippen molar-refractivity contribution in [3.8, 4) is 5.69 Å². The summed E-state index contributed by atoms with van der Waals surface area (Å²) in [5.41, 5.74) is 0.468. The number of rotatable bonds is 4. The van der Waals surface area contributed by atoms with Crippen molar-refractivity contribution in [2.45, 2.75) is 50.4 Å². The van der Waals surface area contributed by atoms with Gasteiger partial charge in [-0.3, -0.25) is 19.7 Å². The third kappa shape index (κ3) is 2.94. The fourth-order valence-corrected chi connectivity index (χ4v) is 5.33. The fourth-order valence-electron chi connectivity index (χ4n) is 5.33.